The highest BCUT2D eigenvalue weighted by Gasteiger charge is 2.09. The van der Waals surface area contributed by atoms with E-state index >= 15 is 0 Å². The molecule has 0 spiro atoms. The van der Waals surface area contributed by atoms with Crippen molar-refractivity contribution in [3.05, 3.63) is 23.8 Å². The molecule has 1 aromatic heterocycles. The van der Waals surface area contributed by atoms with E-state index in [1.807, 2.05) is 0 Å². The Hall–Kier alpha value is -1.77. The van der Waals surface area contributed by atoms with Crippen molar-refractivity contribution in [2.75, 3.05) is 12.4 Å². The van der Waals surface area contributed by atoms with Crippen LogP contribution in [0.15, 0.2) is 18.2 Å². The van der Waals surface area contributed by atoms with Gasteiger partial charge in [0.15, 0.2) is 10.2 Å². The molecule has 0 saturated heterocycles. The first-order valence-electron chi connectivity index (χ1n) is 4.90. The summed E-state index contributed by atoms with van der Waals surface area (Å²) < 4.78 is 5.52. The molecule has 2 aromatic rings. The van der Waals surface area contributed by atoms with Crippen LogP contribution in [0.2, 0.25) is 0 Å². The second kappa shape index (κ2) is 5.25. The third-order valence-corrected chi connectivity index (χ3v) is 3.31. The smallest absolute Gasteiger partial charge is 0.337 e. The SMILES string of the molecule is COC(=O)c1ccc2nc(NC(=S)NN)sc2c1. The van der Waals surface area contributed by atoms with Gasteiger partial charge in [-0.25, -0.2) is 15.6 Å². The van der Waals surface area contributed by atoms with Crippen molar-refractivity contribution in [1.82, 2.24) is 10.4 Å². The largest absolute Gasteiger partial charge is 0.465 e. The van der Waals surface area contributed by atoms with Gasteiger partial charge in [-0.15, -0.1) is 0 Å². The first-order valence-corrected chi connectivity index (χ1v) is 6.13. The highest BCUT2D eigenvalue weighted by molar-refractivity contribution is 7.80. The Morgan fingerprint density at radius 3 is 3.00 bits per heavy atom. The number of ether oxygens (including phenoxy) is 1. The monoisotopic (exact) mass is 282 g/mol. The molecule has 0 aliphatic heterocycles. The van der Waals surface area contributed by atoms with E-state index in [9.17, 15) is 4.79 Å². The average molecular weight is 282 g/mol. The van der Waals surface area contributed by atoms with Crippen LogP contribution in [-0.4, -0.2) is 23.2 Å². The van der Waals surface area contributed by atoms with Gasteiger partial charge in [-0.3, -0.25) is 0 Å². The van der Waals surface area contributed by atoms with Gasteiger partial charge in [0.1, 0.15) is 0 Å². The van der Waals surface area contributed by atoms with Crippen LogP contribution in [0.4, 0.5) is 5.13 Å². The van der Waals surface area contributed by atoms with Gasteiger partial charge >= 0.3 is 5.97 Å². The van der Waals surface area contributed by atoms with Crippen LogP contribution in [0, 0.1) is 0 Å². The number of rotatable bonds is 2. The minimum absolute atomic E-state index is 0.280. The molecular weight excluding hydrogens is 272 g/mol. The summed E-state index contributed by atoms with van der Waals surface area (Å²) in [5.74, 6) is 4.78. The van der Waals surface area contributed by atoms with Gasteiger partial charge in [0.2, 0.25) is 0 Å². The lowest BCUT2D eigenvalue weighted by Gasteiger charge is -2.00. The lowest BCUT2D eigenvalue weighted by Crippen LogP contribution is -2.33. The van der Waals surface area contributed by atoms with E-state index < -0.39 is 0 Å². The second-order valence-electron chi connectivity index (χ2n) is 3.29. The number of thiocarbonyl (C=S) groups is 1. The van der Waals surface area contributed by atoms with Crippen molar-refractivity contribution >= 4 is 50.0 Å². The lowest BCUT2D eigenvalue weighted by molar-refractivity contribution is 0.0601. The van der Waals surface area contributed by atoms with E-state index in [4.69, 9.17) is 18.1 Å². The van der Waals surface area contributed by atoms with Crippen LogP contribution in [0.3, 0.4) is 0 Å². The van der Waals surface area contributed by atoms with E-state index in [-0.39, 0.29) is 11.1 Å². The Morgan fingerprint density at radius 1 is 1.56 bits per heavy atom. The fourth-order valence-corrected chi connectivity index (χ4v) is 2.43. The van der Waals surface area contributed by atoms with Crippen molar-refractivity contribution < 1.29 is 9.53 Å². The number of anilines is 1. The fourth-order valence-electron chi connectivity index (χ4n) is 1.36. The van der Waals surface area contributed by atoms with Gasteiger partial charge < -0.3 is 15.5 Å². The van der Waals surface area contributed by atoms with Crippen LogP contribution >= 0.6 is 23.6 Å². The Balaban J connectivity index is 2.33. The number of benzene rings is 1. The van der Waals surface area contributed by atoms with Gasteiger partial charge in [-0.2, -0.15) is 0 Å². The van der Waals surface area contributed by atoms with Gasteiger partial charge in [-0.1, -0.05) is 11.3 Å². The Morgan fingerprint density at radius 2 is 2.33 bits per heavy atom. The average Bonchev–Trinajstić information content (AvgIpc) is 2.78. The molecule has 0 radical (unpaired) electrons. The minimum Gasteiger partial charge on any atom is -0.465 e. The second-order valence-corrected chi connectivity index (χ2v) is 4.73. The quantitative estimate of drug-likeness (QED) is 0.330. The fraction of sp³-hybridized carbons (Fsp3) is 0.100. The number of esters is 1. The highest BCUT2D eigenvalue weighted by Crippen LogP contribution is 2.26. The molecule has 18 heavy (non-hydrogen) atoms. The van der Waals surface area contributed by atoms with Crippen molar-refractivity contribution in [2.45, 2.75) is 0 Å². The normalized spacial score (nSPS) is 10.1. The number of aromatic nitrogens is 1. The van der Waals surface area contributed by atoms with Crippen LogP contribution in [-0.2, 0) is 4.74 Å². The zero-order valence-corrected chi connectivity index (χ0v) is 11.0. The maximum Gasteiger partial charge on any atom is 0.337 e. The molecular formula is C10H10N4O2S2. The molecule has 0 atom stereocenters. The number of nitrogens with zero attached hydrogens (tertiary/aromatic N) is 1. The summed E-state index contributed by atoms with van der Waals surface area (Å²) in [5, 5.41) is 3.72. The molecule has 0 amide bonds. The summed E-state index contributed by atoms with van der Waals surface area (Å²) in [6.45, 7) is 0. The molecule has 0 bridgehead atoms. The van der Waals surface area contributed by atoms with Crippen LogP contribution in [0.5, 0.6) is 0 Å². The minimum atomic E-state index is -0.376. The van der Waals surface area contributed by atoms with Gasteiger partial charge in [-0.05, 0) is 30.4 Å². The number of nitrogens with two attached hydrogens (primary N) is 1. The van der Waals surface area contributed by atoms with Gasteiger partial charge in [0.25, 0.3) is 0 Å². The van der Waals surface area contributed by atoms with Gasteiger partial charge in [0.05, 0.1) is 22.9 Å². The molecule has 4 N–H and O–H groups in total. The Bertz CT molecular complexity index is 611. The van der Waals surface area contributed by atoms with Crippen LogP contribution in [0.25, 0.3) is 10.2 Å². The molecule has 1 heterocycles. The maximum absolute atomic E-state index is 11.4. The standard InChI is InChI=1S/C10H10N4O2S2/c1-16-8(15)5-2-3-6-7(4-5)18-10(12-6)13-9(17)14-11/h2-4H,11H2,1H3,(H2,12,13,14,17). The third-order valence-electron chi connectivity index (χ3n) is 2.16. The summed E-state index contributed by atoms with van der Waals surface area (Å²) in [4.78, 5) is 15.7. The number of fused-ring (bicyclic) bond motifs is 1. The zero-order valence-electron chi connectivity index (χ0n) is 9.39. The third kappa shape index (κ3) is 2.55. The number of carbonyl (C=O) groups excluding carboxylic acids is 1. The molecule has 0 fully saturated rings. The van der Waals surface area contributed by atoms with Crippen molar-refractivity contribution in [2.24, 2.45) is 5.84 Å². The van der Waals surface area contributed by atoms with E-state index in [0.717, 1.165) is 10.2 Å². The maximum atomic E-state index is 11.4. The number of hydrogen-bond acceptors (Lipinski definition) is 6. The van der Waals surface area contributed by atoms with E-state index in [2.05, 4.69) is 20.5 Å². The number of thiazole rings is 1. The summed E-state index contributed by atoms with van der Waals surface area (Å²) in [7, 11) is 1.34. The zero-order chi connectivity index (χ0) is 13.1. The van der Waals surface area contributed by atoms with Crippen molar-refractivity contribution in [3.8, 4) is 0 Å². The number of methoxy groups -OCH3 is 1. The number of carbonyl (C=O) groups is 1. The Kier molecular flexibility index (Phi) is 3.70. The summed E-state index contributed by atoms with van der Waals surface area (Å²) in [6, 6.07) is 5.14. The van der Waals surface area contributed by atoms with Gasteiger partial charge in [0, 0.05) is 0 Å². The predicted octanol–water partition coefficient (Wildman–Crippen LogP) is 1.24. The predicted molar refractivity (Wildman–Crippen MR) is 74.5 cm³/mol. The van der Waals surface area contributed by atoms with Crippen molar-refractivity contribution in [3.63, 3.8) is 0 Å². The van der Waals surface area contributed by atoms with Crippen LogP contribution < -0.4 is 16.6 Å². The molecule has 0 aliphatic carbocycles. The van der Waals surface area contributed by atoms with Crippen LogP contribution in [0.1, 0.15) is 10.4 Å². The molecule has 6 nitrogen and oxygen atoms in total. The molecule has 2 rings (SSSR count). The first-order chi connectivity index (χ1) is 8.63. The highest BCUT2D eigenvalue weighted by atomic mass is 32.1. The molecule has 0 saturated carbocycles. The number of hydrogen-bond donors (Lipinski definition) is 3. The summed E-state index contributed by atoms with van der Waals surface area (Å²) in [6.07, 6.45) is 0. The molecule has 0 unspecified atom stereocenters. The topological polar surface area (TPSA) is 89.3 Å². The van der Waals surface area contributed by atoms with Crippen molar-refractivity contribution in [1.29, 1.82) is 0 Å². The molecule has 0 aliphatic rings. The number of nitrogens with one attached hydrogen (secondary N) is 2. The molecule has 8 heteroatoms. The Labute approximate surface area is 112 Å². The summed E-state index contributed by atoms with van der Waals surface area (Å²) >= 11 is 6.24. The first kappa shape index (κ1) is 12.7. The van der Waals surface area contributed by atoms with E-state index in [0.29, 0.717) is 10.7 Å². The lowest BCUT2D eigenvalue weighted by atomic mass is 10.2. The number of hydrazine groups is 1. The molecule has 1 aromatic carbocycles. The van der Waals surface area contributed by atoms with E-state index in [1.165, 1.54) is 18.4 Å². The molecule has 94 valence electrons. The summed E-state index contributed by atoms with van der Waals surface area (Å²) in [5.41, 5.74) is 3.57. The van der Waals surface area contributed by atoms with E-state index in [1.54, 1.807) is 18.2 Å².